The first-order valence-electron chi connectivity index (χ1n) is 7.80. The van der Waals surface area contributed by atoms with Crippen LogP contribution in [-0.4, -0.2) is 53.3 Å². The number of aliphatic carboxylic acids is 2. The van der Waals surface area contributed by atoms with E-state index in [1.54, 1.807) is 6.07 Å². The number of thioether (sulfide) groups is 1. The quantitative estimate of drug-likeness (QED) is 0.552. The van der Waals surface area contributed by atoms with Gasteiger partial charge in [0.05, 0.1) is 27.8 Å². The molecule has 138 valence electrons. The lowest BCUT2D eigenvalue weighted by Gasteiger charge is -2.22. The number of thiocarbonyl (C=S) groups is 1. The van der Waals surface area contributed by atoms with Crippen LogP contribution in [0.15, 0.2) is 35.4 Å². The van der Waals surface area contributed by atoms with Crippen molar-refractivity contribution in [2.24, 2.45) is 0 Å². The van der Waals surface area contributed by atoms with E-state index in [1.807, 2.05) is 18.2 Å². The molecule has 8 nitrogen and oxygen atoms in total. The van der Waals surface area contributed by atoms with Crippen LogP contribution in [-0.2, 0) is 14.4 Å². The zero-order chi connectivity index (χ0) is 19.6. The van der Waals surface area contributed by atoms with Gasteiger partial charge in [0, 0.05) is 6.42 Å². The van der Waals surface area contributed by atoms with Crippen LogP contribution in [0.5, 0.6) is 0 Å². The highest BCUT2D eigenvalue weighted by Crippen LogP contribution is 2.34. The second-order valence-electron chi connectivity index (χ2n) is 5.62. The molecule has 2 N–H and O–H groups in total. The van der Waals surface area contributed by atoms with E-state index in [4.69, 9.17) is 17.3 Å². The summed E-state index contributed by atoms with van der Waals surface area (Å²) in [4.78, 5) is 44.8. The van der Waals surface area contributed by atoms with E-state index in [0.29, 0.717) is 16.7 Å². The molecule has 1 aliphatic heterocycles. The summed E-state index contributed by atoms with van der Waals surface area (Å²) >= 11 is 6.10. The smallest absolute Gasteiger partial charge is 0.326 e. The fourth-order valence-corrected chi connectivity index (χ4v) is 3.89. The van der Waals surface area contributed by atoms with Gasteiger partial charge in [-0.2, -0.15) is 0 Å². The first kappa shape index (κ1) is 18.9. The first-order chi connectivity index (χ1) is 12.9. The number of aromatic nitrogens is 2. The van der Waals surface area contributed by atoms with Crippen LogP contribution in [0, 0.1) is 0 Å². The number of nitrogens with zero attached hydrogens (tertiary/aromatic N) is 3. The van der Waals surface area contributed by atoms with Crippen molar-refractivity contribution in [2.45, 2.75) is 18.9 Å². The molecule has 1 amide bonds. The number of carbonyl (C=O) groups is 3. The van der Waals surface area contributed by atoms with Gasteiger partial charge < -0.3 is 10.2 Å². The third-order valence-corrected chi connectivity index (χ3v) is 5.13. The van der Waals surface area contributed by atoms with Gasteiger partial charge in [-0.05, 0) is 24.6 Å². The Kier molecular flexibility index (Phi) is 5.47. The monoisotopic (exact) mass is 403 g/mol. The Morgan fingerprint density at radius 2 is 1.96 bits per heavy atom. The summed E-state index contributed by atoms with van der Waals surface area (Å²) in [6.07, 6.45) is 2.38. The van der Waals surface area contributed by atoms with E-state index >= 15 is 0 Å². The van der Waals surface area contributed by atoms with Crippen molar-refractivity contribution in [1.82, 2.24) is 14.9 Å². The van der Waals surface area contributed by atoms with E-state index in [2.05, 4.69) is 9.97 Å². The lowest BCUT2D eigenvalue weighted by molar-refractivity contribution is -0.146. The predicted molar refractivity (Wildman–Crippen MR) is 103 cm³/mol. The van der Waals surface area contributed by atoms with Crippen molar-refractivity contribution in [3.63, 3.8) is 0 Å². The van der Waals surface area contributed by atoms with Crippen molar-refractivity contribution in [2.75, 3.05) is 0 Å². The minimum Gasteiger partial charge on any atom is -0.481 e. The number of hydrogen-bond acceptors (Lipinski definition) is 7. The SMILES string of the molecule is O=C(O)CC[C@@H](C(=O)O)N1C(=O)/C(=C\c2cnc3ccccc3n2)SC1=S. The van der Waals surface area contributed by atoms with E-state index in [9.17, 15) is 19.5 Å². The van der Waals surface area contributed by atoms with E-state index in [-0.39, 0.29) is 22.1 Å². The third kappa shape index (κ3) is 4.12. The fraction of sp³-hybridized carbons (Fsp3) is 0.176. The van der Waals surface area contributed by atoms with E-state index in [1.165, 1.54) is 12.3 Å². The van der Waals surface area contributed by atoms with Crippen LogP contribution in [0.3, 0.4) is 0 Å². The standard InChI is InChI=1S/C17H13N3O5S2/c21-14(22)6-5-12(16(24)25)20-15(23)13(27-17(20)26)7-9-8-18-10-3-1-2-4-11(10)19-9/h1-4,7-8,12H,5-6H2,(H,21,22)(H,24,25)/b13-7+/t12-/m0/s1. The summed E-state index contributed by atoms with van der Waals surface area (Å²) in [6.45, 7) is 0. The molecule has 27 heavy (non-hydrogen) atoms. The molecule has 0 saturated carbocycles. The second kappa shape index (κ2) is 7.80. The maximum atomic E-state index is 12.7. The van der Waals surface area contributed by atoms with E-state index < -0.39 is 23.9 Å². The topological polar surface area (TPSA) is 121 Å². The van der Waals surface area contributed by atoms with Gasteiger partial charge in [0.25, 0.3) is 5.91 Å². The second-order valence-corrected chi connectivity index (χ2v) is 7.30. The minimum atomic E-state index is -1.33. The Morgan fingerprint density at radius 3 is 2.63 bits per heavy atom. The summed E-state index contributed by atoms with van der Waals surface area (Å²) in [7, 11) is 0. The molecule has 0 radical (unpaired) electrons. The van der Waals surface area contributed by atoms with Gasteiger partial charge in [0.2, 0.25) is 0 Å². The van der Waals surface area contributed by atoms with E-state index in [0.717, 1.165) is 16.7 Å². The minimum absolute atomic E-state index is 0.0674. The van der Waals surface area contributed by atoms with Crippen molar-refractivity contribution in [3.8, 4) is 0 Å². The average molecular weight is 403 g/mol. The number of carboxylic acids is 2. The highest BCUT2D eigenvalue weighted by molar-refractivity contribution is 8.26. The summed E-state index contributed by atoms with van der Waals surface area (Å²) < 4.78 is 0.0674. The van der Waals surface area contributed by atoms with Crippen LogP contribution < -0.4 is 0 Å². The lowest BCUT2D eigenvalue weighted by Crippen LogP contribution is -2.44. The van der Waals surface area contributed by atoms with Crippen LogP contribution in [0.2, 0.25) is 0 Å². The van der Waals surface area contributed by atoms with Crippen molar-refractivity contribution in [1.29, 1.82) is 0 Å². The molecule has 0 spiro atoms. The predicted octanol–water partition coefficient (Wildman–Crippen LogP) is 2.15. The lowest BCUT2D eigenvalue weighted by atomic mass is 10.1. The molecule has 1 atom stereocenters. The molecule has 1 fully saturated rings. The number of hydrogen-bond donors (Lipinski definition) is 2. The van der Waals surface area contributed by atoms with Gasteiger partial charge in [-0.15, -0.1) is 0 Å². The molecule has 2 aromatic rings. The number of rotatable bonds is 6. The Morgan fingerprint density at radius 1 is 1.26 bits per heavy atom. The van der Waals surface area contributed by atoms with Gasteiger partial charge in [0.15, 0.2) is 0 Å². The first-order valence-corrected chi connectivity index (χ1v) is 9.02. The van der Waals surface area contributed by atoms with Crippen molar-refractivity contribution < 1.29 is 24.6 Å². The Bertz CT molecular complexity index is 991. The molecule has 1 aliphatic rings. The maximum Gasteiger partial charge on any atom is 0.326 e. The summed E-state index contributed by atoms with van der Waals surface area (Å²) in [5.74, 6) is -3.04. The molecule has 1 aromatic heterocycles. The number of carbonyl (C=O) groups excluding carboxylic acids is 1. The molecule has 10 heteroatoms. The Balaban J connectivity index is 1.88. The number of carboxylic acid groups (broad SMARTS) is 2. The third-order valence-electron chi connectivity index (χ3n) is 3.80. The summed E-state index contributed by atoms with van der Waals surface area (Å²) in [6, 6.07) is 5.93. The average Bonchev–Trinajstić information content (AvgIpc) is 2.89. The van der Waals surface area contributed by atoms with Crippen LogP contribution in [0.25, 0.3) is 17.1 Å². The fourth-order valence-electron chi connectivity index (χ4n) is 2.55. The van der Waals surface area contributed by atoms with Crippen LogP contribution in [0.1, 0.15) is 18.5 Å². The molecule has 0 unspecified atom stereocenters. The van der Waals surface area contributed by atoms with Crippen LogP contribution in [0.4, 0.5) is 0 Å². The molecular weight excluding hydrogens is 390 g/mol. The van der Waals surface area contributed by atoms with Crippen LogP contribution >= 0.6 is 24.0 Å². The Labute approximate surface area is 162 Å². The van der Waals surface area contributed by atoms with Gasteiger partial charge in [-0.3, -0.25) is 19.5 Å². The van der Waals surface area contributed by atoms with Crippen molar-refractivity contribution >= 4 is 63.3 Å². The molecule has 2 heterocycles. The van der Waals surface area contributed by atoms with Gasteiger partial charge in [0.1, 0.15) is 10.4 Å². The number of fused-ring (bicyclic) bond motifs is 1. The number of para-hydroxylation sites is 2. The summed E-state index contributed by atoms with van der Waals surface area (Å²) in [5.41, 5.74) is 1.81. The molecule has 1 saturated heterocycles. The van der Waals surface area contributed by atoms with Gasteiger partial charge in [-0.25, -0.2) is 9.78 Å². The molecule has 0 bridgehead atoms. The number of amides is 1. The highest BCUT2D eigenvalue weighted by Gasteiger charge is 2.40. The zero-order valence-corrected chi connectivity index (χ0v) is 15.4. The molecule has 0 aliphatic carbocycles. The molecular formula is C17H13N3O5S2. The van der Waals surface area contributed by atoms with Gasteiger partial charge in [-0.1, -0.05) is 36.1 Å². The van der Waals surface area contributed by atoms with Crippen molar-refractivity contribution in [3.05, 3.63) is 41.1 Å². The normalized spacial score (nSPS) is 16.9. The zero-order valence-electron chi connectivity index (χ0n) is 13.7. The maximum absolute atomic E-state index is 12.7. The Hall–Kier alpha value is -2.85. The molecule has 3 rings (SSSR count). The highest BCUT2D eigenvalue weighted by atomic mass is 32.2. The number of benzene rings is 1. The van der Waals surface area contributed by atoms with Gasteiger partial charge >= 0.3 is 11.9 Å². The largest absolute Gasteiger partial charge is 0.481 e. The molecule has 1 aromatic carbocycles. The summed E-state index contributed by atoms with van der Waals surface area (Å²) in [5, 5.41) is 18.2.